The van der Waals surface area contributed by atoms with Crippen molar-refractivity contribution in [3.05, 3.63) is 64.7 Å². The van der Waals surface area contributed by atoms with Crippen molar-refractivity contribution in [2.45, 2.75) is 57.4 Å². The molecule has 0 aliphatic carbocycles. The number of likely N-dealkylation sites (tertiary alicyclic amines) is 1. The van der Waals surface area contributed by atoms with Crippen LogP contribution in [0.2, 0.25) is 0 Å². The minimum Gasteiger partial charge on any atom is -0.341 e. The van der Waals surface area contributed by atoms with Crippen LogP contribution in [0.4, 0.5) is 0 Å². The van der Waals surface area contributed by atoms with Crippen molar-refractivity contribution in [3.63, 3.8) is 0 Å². The summed E-state index contributed by atoms with van der Waals surface area (Å²) in [5, 5.41) is 0. The highest BCUT2D eigenvalue weighted by molar-refractivity contribution is 7.89. The first-order valence-electron chi connectivity index (χ1n) is 11.7. The van der Waals surface area contributed by atoms with E-state index in [1.807, 2.05) is 63.2 Å². The van der Waals surface area contributed by atoms with E-state index in [1.54, 1.807) is 4.90 Å². The van der Waals surface area contributed by atoms with Crippen LogP contribution in [0.3, 0.4) is 0 Å². The van der Waals surface area contributed by atoms with Gasteiger partial charge in [0.05, 0.1) is 4.90 Å². The van der Waals surface area contributed by atoms with Crippen molar-refractivity contribution >= 4 is 21.7 Å². The normalized spacial score (nSPS) is 20.2. The lowest BCUT2D eigenvalue weighted by atomic mass is 9.88. The summed E-state index contributed by atoms with van der Waals surface area (Å²) in [6, 6.07) is 12.3. The molecule has 176 valence electrons. The molecule has 1 unspecified atom stereocenters. The van der Waals surface area contributed by atoms with E-state index >= 15 is 0 Å². The Hall–Kier alpha value is -2.51. The molecule has 1 amide bonds. The number of aryl methyl sites for hydroxylation is 3. The van der Waals surface area contributed by atoms with Crippen LogP contribution in [0.25, 0.3) is 0 Å². The number of nitrogens with zero attached hydrogens (tertiary/aromatic N) is 2. The molecule has 2 aromatic carbocycles. The predicted molar refractivity (Wildman–Crippen MR) is 128 cm³/mol. The summed E-state index contributed by atoms with van der Waals surface area (Å²) in [6.45, 7) is 6.89. The first-order chi connectivity index (χ1) is 15.7. The lowest BCUT2D eigenvalue weighted by Gasteiger charge is -2.35. The number of sulfonamides is 1. The van der Waals surface area contributed by atoms with E-state index in [1.165, 1.54) is 4.31 Å². The maximum absolute atomic E-state index is 13.6. The van der Waals surface area contributed by atoms with Gasteiger partial charge in [-0.1, -0.05) is 48.0 Å². The lowest BCUT2D eigenvalue weighted by molar-refractivity contribution is -0.135. The summed E-state index contributed by atoms with van der Waals surface area (Å²) in [5.74, 6) is -0.111. The van der Waals surface area contributed by atoms with Crippen LogP contribution in [0.15, 0.2) is 47.4 Å². The highest BCUT2D eigenvalue weighted by Gasteiger charge is 2.43. The molecule has 4 rings (SSSR count). The molecular formula is C26H32N2O4S. The van der Waals surface area contributed by atoms with Crippen LogP contribution < -0.4 is 0 Å². The largest absolute Gasteiger partial charge is 0.341 e. The maximum atomic E-state index is 13.6. The number of benzene rings is 2. The molecule has 6 nitrogen and oxygen atoms in total. The van der Waals surface area contributed by atoms with Crippen LogP contribution in [0, 0.1) is 26.7 Å². The quantitative estimate of drug-likeness (QED) is 0.624. The van der Waals surface area contributed by atoms with Crippen molar-refractivity contribution in [2.24, 2.45) is 5.92 Å². The Bertz CT molecular complexity index is 1130. The number of carbonyl (C=O) groups is 2. The van der Waals surface area contributed by atoms with Gasteiger partial charge in [0.1, 0.15) is 6.04 Å². The molecule has 0 N–H and O–H groups in total. The molecule has 0 spiro atoms. The first-order valence-corrected chi connectivity index (χ1v) is 13.1. The fourth-order valence-electron chi connectivity index (χ4n) is 5.38. The van der Waals surface area contributed by atoms with Crippen molar-refractivity contribution in [1.29, 1.82) is 0 Å². The van der Waals surface area contributed by atoms with Crippen LogP contribution in [-0.2, 0) is 14.8 Å². The van der Waals surface area contributed by atoms with Gasteiger partial charge in [0, 0.05) is 31.1 Å². The molecule has 2 fully saturated rings. The molecule has 2 saturated heterocycles. The average Bonchev–Trinajstić information content (AvgIpc) is 3.29. The van der Waals surface area contributed by atoms with Crippen LogP contribution in [0.5, 0.6) is 0 Å². The summed E-state index contributed by atoms with van der Waals surface area (Å²) in [4.78, 5) is 28.2. The van der Waals surface area contributed by atoms with Crippen LogP contribution in [0.1, 0.15) is 52.7 Å². The smallest absolute Gasteiger partial charge is 0.244 e. The van der Waals surface area contributed by atoms with Crippen LogP contribution in [-0.4, -0.2) is 55.0 Å². The molecule has 1 atom stereocenters. The fourth-order valence-corrected chi connectivity index (χ4v) is 7.44. The van der Waals surface area contributed by atoms with Gasteiger partial charge in [-0.15, -0.1) is 0 Å². The maximum Gasteiger partial charge on any atom is 0.244 e. The number of piperidine rings is 1. The molecule has 0 aromatic heterocycles. The summed E-state index contributed by atoms with van der Waals surface area (Å²) >= 11 is 0. The van der Waals surface area contributed by atoms with Gasteiger partial charge in [-0.3, -0.25) is 9.59 Å². The van der Waals surface area contributed by atoms with E-state index in [9.17, 15) is 18.0 Å². The Morgan fingerprint density at radius 2 is 1.48 bits per heavy atom. The van der Waals surface area contributed by atoms with Gasteiger partial charge >= 0.3 is 0 Å². The molecule has 0 bridgehead atoms. The monoisotopic (exact) mass is 468 g/mol. The standard InChI is InChI=1S/C26H32N2O4S/c1-18-16-19(2)25(20(3)17-18)33(31,32)28-13-7-10-23(28)26(30)27-14-11-22(12-15-27)24(29)21-8-5-4-6-9-21/h4-6,8-9,16-17,22-23H,7,10-15H2,1-3H3. The highest BCUT2D eigenvalue weighted by Crippen LogP contribution is 2.32. The predicted octanol–water partition coefficient (Wildman–Crippen LogP) is 3.89. The SMILES string of the molecule is Cc1cc(C)c(S(=O)(=O)N2CCCC2C(=O)N2CCC(C(=O)c3ccccc3)CC2)c(C)c1. The summed E-state index contributed by atoms with van der Waals surface area (Å²) in [7, 11) is -3.78. The number of hydrogen-bond acceptors (Lipinski definition) is 4. The molecule has 0 radical (unpaired) electrons. The van der Waals surface area contributed by atoms with Crippen molar-refractivity contribution in [3.8, 4) is 0 Å². The summed E-state index contributed by atoms with van der Waals surface area (Å²) < 4.78 is 28.6. The van der Waals surface area contributed by atoms with Gasteiger partial charge in [0.25, 0.3) is 0 Å². The van der Waals surface area contributed by atoms with Gasteiger partial charge in [0.2, 0.25) is 15.9 Å². The molecule has 2 aromatic rings. The Morgan fingerprint density at radius 3 is 2.09 bits per heavy atom. The second kappa shape index (κ2) is 9.39. The number of ketones is 1. The number of amides is 1. The van der Waals surface area contributed by atoms with E-state index in [0.29, 0.717) is 66.9 Å². The Balaban J connectivity index is 1.47. The third-order valence-electron chi connectivity index (χ3n) is 6.90. The molecule has 2 heterocycles. The molecule has 2 aliphatic rings. The Morgan fingerprint density at radius 1 is 0.879 bits per heavy atom. The highest BCUT2D eigenvalue weighted by atomic mass is 32.2. The van der Waals surface area contributed by atoms with Gasteiger partial charge in [-0.05, 0) is 57.6 Å². The molecule has 2 aliphatic heterocycles. The Kier molecular flexibility index (Phi) is 6.73. The fraction of sp³-hybridized carbons (Fsp3) is 0.462. The summed E-state index contributed by atoms with van der Waals surface area (Å²) in [6.07, 6.45) is 2.41. The number of rotatable bonds is 5. The van der Waals surface area contributed by atoms with Gasteiger partial charge in [0.15, 0.2) is 5.78 Å². The third kappa shape index (κ3) is 4.62. The lowest BCUT2D eigenvalue weighted by Crippen LogP contribution is -2.50. The number of hydrogen-bond donors (Lipinski definition) is 0. The van der Waals surface area contributed by atoms with Crippen molar-refractivity contribution in [2.75, 3.05) is 19.6 Å². The van der Waals surface area contributed by atoms with Crippen molar-refractivity contribution in [1.82, 2.24) is 9.21 Å². The zero-order chi connectivity index (χ0) is 23.8. The van der Waals surface area contributed by atoms with E-state index in [2.05, 4.69) is 0 Å². The zero-order valence-electron chi connectivity index (χ0n) is 19.6. The second-order valence-electron chi connectivity index (χ2n) is 9.33. The van der Waals surface area contributed by atoms with E-state index in [-0.39, 0.29) is 17.6 Å². The minimum atomic E-state index is -3.78. The molecule has 0 saturated carbocycles. The van der Waals surface area contributed by atoms with E-state index in [4.69, 9.17) is 0 Å². The molecule has 33 heavy (non-hydrogen) atoms. The number of carbonyl (C=O) groups excluding carboxylic acids is 2. The number of Topliss-reactive ketones (excluding diaryl/α,β-unsaturated/α-hetero) is 1. The van der Waals surface area contributed by atoms with Gasteiger partial charge in [-0.25, -0.2) is 8.42 Å². The van der Waals surface area contributed by atoms with Crippen LogP contribution >= 0.6 is 0 Å². The molecule has 7 heteroatoms. The Labute approximate surface area is 196 Å². The van der Waals surface area contributed by atoms with E-state index < -0.39 is 16.1 Å². The molecular weight excluding hydrogens is 436 g/mol. The minimum absolute atomic E-state index is 0.0993. The second-order valence-corrected chi connectivity index (χ2v) is 11.2. The van der Waals surface area contributed by atoms with Gasteiger partial charge < -0.3 is 4.90 Å². The zero-order valence-corrected chi connectivity index (χ0v) is 20.4. The van der Waals surface area contributed by atoms with Crippen molar-refractivity contribution < 1.29 is 18.0 Å². The first kappa shape index (κ1) is 23.6. The third-order valence-corrected chi connectivity index (χ3v) is 9.11. The van der Waals surface area contributed by atoms with E-state index in [0.717, 1.165) is 5.56 Å². The summed E-state index contributed by atoms with van der Waals surface area (Å²) in [5.41, 5.74) is 3.15. The topological polar surface area (TPSA) is 74.8 Å². The average molecular weight is 469 g/mol. The van der Waals surface area contributed by atoms with Gasteiger partial charge in [-0.2, -0.15) is 4.31 Å².